The summed E-state index contributed by atoms with van der Waals surface area (Å²) in [5.74, 6) is 0.462. The molecule has 0 radical (unpaired) electrons. The molecule has 2 aromatic carbocycles. The highest BCUT2D eigenvalue weighted by atomic mass is 79.9. The number of aromatic nitrogens is 3. The number of rotatable bonds is 4. The van der Waals surface area contributed by atoms with Crippen LogP contribution >= 0.6 is 27.7 Å². The number of nitrogens with zero attached hydrogens (tertiary/aromatic N) is 3. The van der Waals surface area contributed by atoms with Gasteiger partial charge in [-0.15, -0.1) is 5.10 Å². The molecule has 1 aliphatic heterocycles. The summed E-state index contributed by atoms with van der Waals surface area (Å²) in [5.41, 5.74) is 3.08. The van der Waals surface area contributed by atoms with Crippen molar-refractivity contribution < 1.29 is 4.79 Å². The molecule has 0 saturated carbocycles. The molecule has 1 aliphatic rings. The van der Waals surface area contributed by atoms with Crippen molar-refractivity contribution in [3.8, 4) is 0 Å². The molecule has 2 N–H and O–H groups in total. The number of carbonyl (C=O) groups is 1. The third-order valence-corrected chi connectivity index (χ3v) is 5.54. The summed E-state index contributed by atoms with van der Waals surface area (Å²) in [6.45, 7) is 1.89. The molecule has 4 rings (SSSR count). The van der Waals surface area contributed by atoms with Crippen LogP contribution in [-0.4, -0.2) is 26.9 Å². The predicted octanol–water partition coefficient (Wildman–Crippen LogP) is 4.69. The van der Waals surface area contributed by atoms with Crippen LogP contribution in [0.3, 0.4) is 0 Å². The summed E-state index contributed by atoms with van der Waals surface area (Å²) in [5, 5.41) is 11.5. The molecule has 142 valence electrons. The number of anilines is 2. The standard InChI is InChI=1S/C20H18BrN5OS/c1-12-16(18(27)23-15-10-8-14(21)9-11-15)17(13-6-4-3-5-7-13)26-19(22-12)24-20(25-26)28-2/h3-11,17H,1-2H3,(H,23,27)(H,22,24,25). The van der Waals surface area contributed by atoms with Crippen LogP contribution in [0.25, 0.3) is 0 Å². The van der Waals surface area contributed by atoms with Crippen LogP contribution in [-0.2, 0) is 4.79 Å². The summed E-state index contributed by atoms with van der Waals surface area (Å²) in [6, 6.07) is 17.0. The van der Waals surface area contributed by atoms with E-state index < -0.39 is 0 Å². The van der Waals surface area contributed by atoms with Crippen molar-refractivity contribution in [2.75, 3.05) is 16.9 Å². The van der Waals surface area contributed by atoms with Gasteiger partial charge in [-0.05, 0) is 43.0 Å². The molecule has 0 bridgehead atoms. The molecule has 3 aromatic rings. The van der Waals surface area contributed by atoms with Gasteiger partial charge in [0.25, 0.3) is 5.91 Å². The number of benzene rings is 2. The third-order valence-electron chi connectivity index (χ3n) is 4.48. The van der Waals surface area contributed by atoms with E-state index in [0.717, 1.165) is 21.4 Å². The number of thioether (sulfide) groups is 1. The number of hydrogen-bond donors (Lipinski definition) is 2. The molecule has 2 heterocycles. The monoisotopic (exact) mass is 455 g/mol. The molecule has 28 heavy (non-hydrogen) atoms. The normalized spacial score (nSPS) is 15.8. The molecule has 8 heteroatoms. The maximum Gasteiger partial charge on any atom is 0.255 e. The van der Waals surface area contributed by atoms with Gasteiger partial charge in [-0.3, -0.25) is 4.79 Å². The van der Waals surface area contributed by atoms with Gasteiger partial charge in [0, 0.05) is 15.9 Å². The van der Waals surface area contributed by atoms with Crippen LogP contribution in [0.5, 0.6) is 0 Å². The van der Waals surface area contributed by atoms with Gasteiger partial charge in [-0.25, -0.2) is 4.68 Å². The van der Waals surface area contributed by atoms with Crippen molar-refractivity contribution in [2.45, 2.75) is 18.1 Å². The fraction of sp³-hybridized carbons (Fsp3) is 0.150. The lowest BCUT2D eigenvalue weighted by atomic mass is 9.95. The minimum absolute atomic E-state index is 0.173. The van der Waals surface area contributed by atoms with Crippen molar-refractivity contribution in [3.05, 3.63) is 75.9 Å². The molecule has 0 fully saturated rings. The molecule has 0 saturated heterocycles. The number of amides is 1. The zero-order chi connectivity index (χ0) is 19.7. The topological polar surface area (TPSA) is 71.8 Å². The second kappa shape index (κ2) is 7.81. The molecular weight excluding hydrogens is 438 g/mol. The molecule has 0 aliphatic carbocycles. The van der Waals surface area contributed by atoms with Gasteiger partial charge in [0.05, 0.1) is 5.57 Å². The second-order valence-electron chi connectivity index (χ2n) is 6.30. The number of hydrogen-bond acceptors (Lipinski definition) is 5. The van der Waals surface area contributed by atoms with Crippen molar-refractivity contribution in [1.29, 1.82) is 0 Å². The van der Waals surface area contributed by atoms with E-state index in [1.54, 1.807) is 4.68 Å². The summed E-state index contributed by atoms with van der Waals surface area (Å²) in [4.78, 5) is 17.8. The third kappa shape index (κ3) is 3.57. The van der Waals surface area contributed by atoms with E-state index in [1.165, 1.54) is 11.8 Å². The molecule has 0 spiro atoms. The summed E-state index contributed by atoms with van der Waals surface area (Å²) < 4.78 is 2.74. The number of carbonyl (C=O) groups excluding carboxylic acids is 1. The van der Waals surface area contributed by atoms with Crippen LogP contribution in [0.4, 0.5) is 11.6 Å². The minimum Gasteiger partial charge on any atom is -0.328 e. The van der Waals surface area contributed by atoms with Crippen molar-refractivity contribution in [3.63, 3.8) is 0 Å². The smallest absolute Gasteiger partial charge is 0.255 e. The predicted molar refractivity (Wildman–Crippen MR) is 115 cm³/mol. The first-order chi connectivity index (χ1) is 13.6. The SMILES string of the molecule is CSc1nc2n(n1)C(c1ccccc1)C(C(=O)Nc1ccc(Br)cc1)=C(C)N2. The lowest BCUT2D eigenvalue weighted by Crippen LogP contribution is -2.31. The first-order valence-corrected chi connectivity index (χ1v) is 10.7. The zero-order valence-electron chi connectivity index (χ0n) is 15.3. The van der Waals surface area contributed by atoms with Crippen LogP contribution in [0.1, 0.15) is 18.5 Å². The van der Waals surface area contributed by atoms with Crippen LogP contribution in [0, 0.1) is 0 Å². The van der Waals surface area contributed by atoms with Crippen molar-refractivity contribution in [1.82, 2.24) is 14.8 Å². The largest absolute Gasteiger partial charge is 0.328 e. The van der Waals surface area contributed by atoms with E-state index in [4.69, 9.17) is 0 Å². The van der Waals surface area contributed by atoms with Gasteiger partial charge in [-0.2, -0.15) is 4.98 Å². The Kier molecular flexibility index (Phi) is 5.23. The van der Waals surface area contributed by atoms with Gasteiger partial charge < -0.3 is 10.6 Å². The maximum absolute atomic E-state index is 13.2. The number of halogens is 1. The number of fused-ring (bicyclic) bond motifs is 1. The van der Waals surface area contributed by atoms with Gasteiger partial charge >= 0.3 is 0 Å². The number of allylic oxidation sites excluding steroid dienone is 1. The average molecular weight is 456 g/mol. The fourth-order valence-corrected chi connectivity index (χ4v) is 3.80. The summed E-state index contributed by atoms with van der Waals surface area (Å²) >= 11 is 4.88. The summed E-state index contributed by atoms with van der Waals surface area (Å²) in [6.07, 6.45) is 1.93. The molecule has 1 unspecified atom stereocenters. The highest BCUT2D eigenvalue weighted by Crippen LogP contribution is 2.36. The highest BCUT2D eigenvalue weighted by molar-refractivity contribution is 9.10. The quantitative estimate of drug-likeness (QED) is 0.558. The first-order valence-electron chi connectivity index (χ1n) is 8.67. The van der Waals surface area contributed by atoms with Crippen LogP contribution in [0.2, 0.25) is 0 Å². The molecule has 1 amide bonds. The molecule has 1 atom stereocenters. The Hall–Kier alpha value is -2.58. The number of nitrogens with one attached hydrogen (secondary N) is 2. The van der Waals surface area contributed by atoms with Gasteiger partial charge in [-0.1, -0.05) is 58.0 Å². The fourth-order valence-electron chi connectivity index (χ4n) is 3.19. The van der Waals surface area contributed by atoms with Crippen molar-refractivity contribution in [2.24, 2.45) is 0 Å². The summed E-state index contributed by atoms with van der Waals surface area (Å²) in [7, 11) is 0. The first kappa shape index (κ1) is 18.8. The highest BCUT2D eigenvalue weighted by Gasteiger charge is 2.34. The lowest BCUT2D eigenvalue weighted by molar-refractivity contribution is -0.113. The van der Waals surface area contributed by atoms with Crippen LogP contribution in [0.15, 0.2) is 75.5 Å². The van der Waals surface area contributed by atoms with E-state index in [1.807, 2.05) is 67.8 Å². The van der Waals surface area contributed by atoms with E-state index in [0.29, 0.717) is 16.7 Å². The Balaban J connectivity index is 1.76. The Morgan fingerprint density at radius 2 is 1.89 bits per heavy atom. The molecule has 6 nitrogen and oxygen atoms in total. The van der Waals surface area contributed by atoms with E-state index in [2.05, 4.69) is 36.6 Å². The van der Waals surface area contributed by atoms with Crippen molar-refractivity contribution >= 4 is 45.2 Å². The lowest BCUT2D eigenvalue weighted by Gasteiger charge is -2.28. The Labute approximate surface area is 175 Å². The van der Waals surface area contributed by atoms with Gasteiger partial charge in [0.2, 0.25) is 11.1 Å². The molecule has 1 aromatic heterocycles. The van der Waals surface area contributed by atoms with E-state index in [9.17, 15) is 4.79 Å². The zero-order valence-corrected chi connectivity index (χ0v) is 17.7. The maximum atomic E-state index is 13.2. The van der Waals surface area contributed by atoms with Crippen LogP contribution < -0.4 is 10.6 Å². The average Bonchev–Trinajstić information content (AvgIpc) is 3.12. The Morgan fingerprint density at radius 3 is 2.57 bits per heavy atom. The Morgan fingerprint density at radius 1 is 1.18 bits per heavy atom. The molecular formula is C20H18BrN5OS. The Bertz CT molecular complexity index is 1050. The van der Waals surface area contributed by atoms with Gasteiger partial charge in [0.1, 0.15) is 6.04 Å². The van der Waals surface area contributed by atoms with Gasteiger partial charge in [0.15, 0.2) is 0 Å². The minimum atomic E-state index is -0.360. The van der Waals surface area contributed by atoms with E-state index >= 15 is 0 Å². The van der Waals surface area contributed by atoms with E-state index in [-0.39, 0.29) is 11.9 Å². The second-order valence-corrected chi connectivity index (χ2v) is 7.99.